The number of nitrogens with one attached hydrogen (secondary N) is 1. The van der Waals surface area contributed by atoms with E-state index in [0.717, 1.165) is 4.90 Å². The van der Waals surface area contributed by atoms with Gasteiger partial charge >= 0.3 is 11.8 Å². The van der Waals surface area contributed by atoms with Crippen LogP contribution in [0, 0.1) is 0 Å². The van der Waals surface area contributed by atoms with Gasteiger partial charge in [0.15, 0.2) is 5.65 Å². The first-order valence-corrected chi connectivity index (χ1v) is 8.21. The van der Waals surface area contributed by atoms with Crippen LogP contribution in [-0.2, 0) is 16.6 Å². The van der Waals surface area contributed by atoms with Crippen LogP contribution in [0.25, 0.3) is 11.2 Å². The second-order valence-corrected chi connectivity index (χ2v) is 7.51. The molecule has 1 aliphatic heterocycles. The molecule has 0 unspecified atom stereocenters. The lowest BCUT2D eigenvalue weighted by Gasteiger charge is -2.17. The Hall–Kier alpha value is -1.97. The van der Waals surface area contributed by atoms with Crippen LogP contribution in [0.15, 0.2) is 0 Å². The van der Waals surface area contributed by atoms with E-state index in [9.17, 15) is 17.6 Å². The fourth-order valence-electron chi connectivity index (χ4n) is 2.72. The number of aromatic nitrogens is 4. The van der Waals surface area contributed by atoms with Crippen LogP contribution in [0.2, 0.25) is 0 Å². The summed E-state index contributed by atoms with van der Waals surface area (Å²) in [6, 6.07) is 0. The molecule has 0 spiro atoms. The Morgan fingerprint density at radius 1 is 1.08 bits per heavy atom. The number of methoxy groups -OCH3 is 1. The number of aromatic amines is 1. The van der Waals surface area contributed by atoms with Crippen molar-refractivity contribution in [1.29, 1.82) is 0 Å². The molecular weight excluding hydrogens is 354 g/mol. The molecule has 0 aromatic carbocycles. The summed E-state index contributed by atoms with van der Waals surface area (Å²) in [6.45, 7) is 3.99. The molecule has 2 aromatic heterocycles. The van der Waals surface area contributed by atoms with Gasteiger partial charge in [-0.2, -0.15) is 22.5 Å². The molecule has 0 bridgehead atoms. The van der Waals surface area contributed by atoms with E-state index in [4.69, 9.17) is 4.74 Å². The van der Waals surface area contributed by atoms with Gasteiger partial charge in [0, 0.05) is 18.9 Å². The van der Waals surface area contributed by atoms with Crippen molar-refractivity contribution in [1.82, 2.24) is 19.9 Å². The van der Waals surface area contributed by atoms with Crippen LogP contribution in [0.5, 0.6) is 0 Å². The van der Waals surface area contributed by atoms with Crippen molar-refractivity contribution in [2.45, 2.75) is 44.5 Å². The maximum Gasteiger partial charge on any atom is 0.329 e. The molecule has 0 saturated carbocycles. The average Bonchev–Trinajstić information content (AvgIpc) is 3.02. The van der Waals surface area contributed by atoms with Gasteiger partial charge in [0.2, 0.25) is 5.95 Å². The number of hydrogen-bond donors (Lipinski definition) is 1. The van der Waals surface area contributed by atoms with Crippen molar-refractivity contribution in [2.24, 2.45) is 0 Å². The third-order valence-electron chi connectivity index (χ3n) is 4.24. The van der Waals surface area contributed by atoms with E-state index in [0.29, 0.717) is 30.1 Å². The molecule has 1 fully saturated rings. The Balaban J connectivity index is 2.05. The SMILES string of the molecule is COCCc1nc(C(C)(C)C)nc2nc(N3CC(F)(F)C(F)(F)C3)[nH]c12. The van der Waals surface area contributed by atoms with Gasteiger partial charge in [0.1, 0.15) is 11.3 Å². The highest BCUT2D eigenvalue weighted by Gasteiger charge is 2.63. The van der Waals surface area contributed by atoms with E-state index >= 15 is 0 Å². The van der Waals surface area contributed by atoms with Gasteiger partial charge in [-0.05, 0) is 0 Å². The Labute approximate surface area is 148 Å². The quantitative estimate of drug-likeness (QED) is 0.833. The third kappa shape index (κ3) is 3.22. The molecule has 0 atom stereocenters. The summed E-state index contributed by atoms with van der Waals surface area (Å²) in [4.78, 5) is 16.8. The highest BCUT2D eigenvalue weighted by Crippen LogP contribution is 2.42. The first-order valence-electron chi connectivity index (χ1n) is 8.21. The number of anilines is 1. The smallest absolute Gasteiger partial charge is 0.329 e. The summed E-state index contributed by atoms with van der Waals surface area (Å²) in [6.07, 6.45) is 0.451. The maximum absolute atomic E-state index is 13.5. The first-order chi connectivity index (χ1) is 11.9. The van der Waals surface area contributed by atoms with Crippen molar-refractivity contribution in [3.05, 3.63) is 11.5 Å². The van der Waals surface area contributed by atoms with Gasteiger partial charge in [-0.25, -0.2) is 9.97 Å². The Morgan fingerprint density at radius 2 is 1.69 bits per heavy atom. The normalized spacial score (nSPS) is 19.5. The van der Waals surface area contributed by atoms with Crippen LogP contribution in [-0.4, -0.2) is 58.6 Å². The summed E-state index contributed by atoms with van der Waals surface area (Å²) in [7, 11) is 1.55. The number of hydrogen-bond acceptors (Lipinski definition) is 5. The molecular formula is C16H21F4N5O. The van der Waals surface area contributed by atoms with Crippen LogP contribution in [0.1, 0.15) is 32.3 Å². The van der Waals surface area contributed by atoms with Gasteiger partial charge in [-0.1, -0.05) is 20.8 Å². The van der Waals surface area contributed by atoms with Gasteiger partial charge in [0.25, 0.3) is 0 Å². The lowest BCUT2D eigenvalue weighted by molar-refractivity contribution is -0.172. The fraction of sp³-hybridized carbons (Fsp3) is 0.688. The highest BCUT2D eigenvalue weighted by atomic mass is 19.3. The van der Waals surface area contributed by atoms with Crippen molar-refractivity contribution in [3.63, 3.8) is 0 Å². The zero-order chi connectivity index (χ0) is 19.3. The van der Waals surface area contributed by atoms with Crippen LogP contribution >= 0.6 is 0 Å². The molecule has 3 rings (SSSR count). The molecule has 0 aliphatic carbocycles. The molecule has 144 valence electrons. The average molecular weight is 375 g/mol. The van der Waals surface area contributed by atoms with Crippen molar-refractivity contribution < 1.29 is 22.3 Å². The number of H-pyrrole nitrogens is 1. The lowest BCUT2D eigenvalue weighted by Crippen LogP contribution is -2.38. The molecule has 10 heteroatoms. The van der Waals surface area contributed by atoms with E-state index < -0.39 is 24.9 Å². The lowest BCUT2D eigenvalue weighted by atomic mass is 9.95. The molecule has 1 saturated heterocycles. The Bertz CT molecular complexity index is 799. The van der Waals surface area contributed by atoms with E-state index in [1.165, 1.54) is 0 Å². The van der Waals surface area contributed by atoms with E-state index in [1.807, 2.05) is 20.8 Å². The summed E-state index contributed by atoms with van der Waals surface area (Å²) in [5.41, 5.74) is 0.967. The van der Waals surface area contributed by atoms with Gasteiger partial charge in [-0.15, -0.1) is 0 Å². The van der Waals surface area contributed by atoms with Crippen LogP contribution in [0.3, 0.4) is 0 Å². The minimum Gasteiger partial charge on any atom is -0.384 e. The van der Waals surface area contributed by atoms with E-state index in [2.05, 4.69) is 19.9 Å². The van der Waals surface area contributed by atoms with Crippen LogP contribution in [0.4, 0.5) is 23.5 Å². The summed E-state index contributed by atoms with van der Waals surface area (Å²) in [5.74, 6) is -7.73. The predicted octanol–water partition coefficient (Wildman–Crippen LogP) is 2.93. The molecule has 0 amide bonds. The second-order valence-electron chi connectivity index (χ2n) is 7.51. The Kier molecular flexibility index (Phi) is 4.37. The molecule has 3 heterocycles. The first kappa shape index (κ1) is 18.8. The van der Waals surface area contributed by atoms with Crippen LogP contribution < -0.4 is 4.90 Å². The number of imidazole rings is 1. The maximum atomic E-state index is 13.5. The number of halogens is 4. The molecule has 26 heavy (non-hydrogen) atoms. The second kappa shape index (κ2) is 6.04. The van der Waals surface area contributed by atoms with Crippen molar-refractivity contribution in [3.8, 4) is 0 Å². The number of alkyl halides is 4. The molecule has 6 nitrogen and oxygen atoms in total. The molecule has 1 N–H and O–H groups in total. The zero-order valence-corrected chi connectivity index (χ0v) is 15.0. The number of ether oxygens (including phenoxy) is 1. The minimum atomic E-state index is -4.10. The summed E-state index contributed by atoms with van der Waals surface area (Å²) < 4.78 is 59.1. The topological polar surface area (TPSA) is 66.9 Å². The van der Waals surface area contributed by atoms with Crippen molar-refractivity contribution >= 4 is 17.1 Å². The number of rotatable bonds is 4. The molecule has 2 aromatic rings. The summed E-state index contributed by atoms with van der Waals surface area (Å²) in [5, 5.41) is 0. The monoisotopic (exact) mass is 375 g/mol. The van der Waals surface area contributed by atoms with Gasteiger partial charge in [-0.3, -0.25) is 0 Å². The number of nitrogens with zero attached hydrogens (tertiary/aromatic N) is 4. The standard InChI is InChI=1S/C16H21F4N5O/c1-14(2,3)12-21-9(5-6-26-4)10-11(23-12)24-13(22-10)25-7-15(17,18)16(19,20)8-25/h5-8H2,1-4H3,(H,21,22,23,24). The minimum absolute atomic E-state index is 0.0594. The van der Waals surface area contributed by atoms with E-state index in [1.54, 1.807) is 7.11 Å². The summed E-state index contributed by atoms with van der Waals surface area (Å²) >= 11 is 0. The van der Waals surface area contributed by atoms with Crippen molar-refractivity contribution in [2.75, 3.05) is 31.7 Å². The number of fused-ring (bicyclic) bond motifs is 1. The molecule has 0 radical (unpaired) electrons. The Morgan fingerprint density at radius 3 is 2.23 bits per heavy atom. The molecule has 1 aliphatic rings. The zero-order valence-electron chi connectivity index (χ0n) is 15.0. The van der Waals surface area contributed by atoms with Gasteiger partial charge in [0.05, 0.1) is 25.4 Å². The fourth-order valence-corrected chi connectivity index (χ4v) is 2.72. The largest absolute Gasteiger partial charge is 0.384 e. The van der Waals surface area contributed by atoms with Gasteiger partial charge < -0.3 is 14.6 Å². The van der Waals surface area contributed by atoms with E-state index in [-0.39, 0.29) is 17.0 Å². The predicted molar refractivity (Wildman–Crippen MR) is 88.1 cm³/mol. The highest BCUT2D eigenvalue weighted by molar-refractivity contribution is 5.76. The third-order valence-corrected chi connectivity index (χ3v) is 4.24.